The van der Waals surface area contributed by atoms with Gasteiger partial charge in [-0.2, -0.15) is 5.10 Å². The second-order valence-electron chi connectivity index (χ2n) is 2.41. The number of nitrogens with zero attached hydrogens (tertiary/aromatic N) is 3. The molecule has 0 aliphatic heterocycles. The predicted octanol–water partition coefficient (Wildman–Crippen LogP) is 0.976. The van der Waals surface area contributed by atoms with Crippen LogP contribution in [0, 0.1) is 17.0 Å². The average Bonchev–Trinajstić information content (AvgIpc) is 2.30. The Hall–Kier alpha value is -1.65. The number of hydrogen-bond donors (Lipinski definition) is 0. The largest absolute Gasteiger partial charge is 0.272 e. The first kappa shape index (κ1) is 8.45. The highest BCUT2D eigenvalue weighted by Crippen LogP contribution is 2.06. The molecule has 1 heterocycles. The maximum absolute atomic E-state index is 9.98. The van der Waals surface area contributed by atoms with Crippen LogP contribution in [0.5, 0.6) is 0 Å². The molecule has 0 unspecified atom stereocenters. The first-order chi connectivity index (χ1) is 5.61. The molecular weight excluding hydrogens is 158 g/mol. The Bertz CT molecular complexity index is 327. The van der Waals surface area contributed by atoms with E-state index in [0.29, 0.717) is 0 Å². The Morgan fingerprint density at radius 3 is 2.83 bits per heavy atom. The van der Waals surface area contributed by atoms with Gasteiger partial charge < -0.3 is 0 Å². The summed E-state index contributed by atoms with van der Waals surface area (Å²) < 4.78 is 1.67. The van der Waals surface area contributed by atoms with Crippen LogP contribution in [0.1, 0.15) is 11.3 Å². The van der Waals surface area contributed by atoms with E-state index in [1.807, 2.05) is 6.92 Å². The van der Waals surface area contributed by atoms with Crippen molar-refractivity contribution in [2.75, 3.05) is 0 Å². The molecule has 0 radical (unpaired) electrons. The van der Waals surface area contributed by atoms with Gasteiger partial charge in [-0.25, -0.2) is 0 Å². The smallest absolute Gasteiger partial charge is 0.235 e. The summed E-state index contributed by atoms with van der Waals surface area (Å²) in [5.41, 5.74) is 1.68. The molecule has 0 N–H and O–H groups in total. The van der Waals surface area contributed by atoms with E-state index in [2.05, 4.69) is 5.10 Å². The van der Waals surface area contributed by atoms with Gasteiger partial charge in [0.15, 0.2) is 0 Å². The lowest BCUT2D eigenvalue weighted by molar-refractivity contribution is -0.400. The van der Waals surface area contributed by atoms with E-state index >= 15 is 0 Å². The van der Waals surface area contributed by atoms with E-state index in [1.54, 1.807) is 17.9 Å². The highest BCUT2D eigenvalue weighted by atomic mass is 16.6. The maximum Gasteiger partial charge on any atom is 0.235 e. The molecule has 1 aromatic heterocycles. The zero-order chi connectivity index (χ0) is 9.14. The summed E-state index contributed by atoms with van der Waals surface area (Å²) in [6.07, 6.45) is 3.93. The third-order valence-electron chi connectivity index (χ3n) is 1.65. The first-order valence-electron chi connectivity index (χ1n) is 3.41. The van der Waals surface area contributed by atoms with Gasteiger partial charge in [0.25, 0.3) is 0 Å². The fourth-order valence-corrected chi connectivity index (χ4v) is 0.820. The second-order valence-corrected chi connectivity index (χ2v) is 2.41. The molecule has 0 saturated carbocycles. The fraction of sp³-hybridized carbons (Fsp3) is 0.286. The molecule has 0 fully saturated rings. The lowest BCUT2D eigenvalue weighted by Gasteiger charge is -1.91. The Labute approximate surface area is 69.5 Å². The van der Waals surface area contributed by atoms with Crippen molar-refractivity contribution < 1.29 is 4.92 Å². The van der Waals surface area contributed by atoms with Gasteiger partial charge >= 0.3 is 0 Å². The van der Waals surface area contributed by atoms with Gasteiger partial charge in [0.1, 0.15) is 0 Å². The van der Waals surface area contributed by atoms with E-state index in [4.69, 9.17) is 0 Å². The highest BCUT2D eigenvalue weighted by molar-refractivity contribution is 5.49. The van der Waals surface area contributed by atoms with Crippen molar-refractivity contribution >= 4 is 6.08 Å². The summed E-state index contributed by atoms with van der Waals surface area (Å²) in [5.74, 6) is 0. The molecule has 0 amide bonds. The van der Waals surface area contributed by atoms with Crippen molar-refractivity contribution in [2.45, 2.75) is 6.92 Å². The van der Waals surface area contributed by atoms with Crippen LogP contribution in [0.2, 0.25) is 0 Å². The quantitative estimate of drug-likeness (QED) is 0.487. The monoisotopic (exact) mass is 167 g/mol. The third kappa shape index (κ3) is 1.69. The molecule has 0 saturated heterocycles. The van der Waals surface area contributed by atoms with Gasteiger partial charge in [-0.1, -0.05) is 0 Å². The molecule has 1 aromatic rings. The van der Waals surface area contributed by atoms with E-state index in [0.717, 1.165) is 17.5 Å². The van der Waals surface area contributed by atoms with Gasteiger partial charge in [-0.05, 0) is 6.92 Å². The third-order valence-corrected chi connectivity index (χ3v) is 1.65. The number of nitro groups is 1. The van der Waals surface area contributed by atoms with Crippen molar-refractivity contribution in [3.8, 4) is 0 Å². The van der Waals surface area contributed by atoms with Crippen LogP contribution in [0.25, 0.3) is 6.08 Å². The van der Waals surface area contributed by atoms with Crippen molar-refractivity contribution in [1.29, 1.82) is 0 Å². The SMILES string of the molecule is Cc1c(C=C[N+](=O)[O-])cnn1C. The second kappa shape index (κ2) is 3.17. The Morgan fingerprint density at radius 2 is 2.42 bits per heavy atom. The van der Waals surface area contributed by atoms with Crippen LogP contribution in [0.3, 0.4) is 0 Å². The number of rotatable bonds is 2. The van der Waals surface area contributed by atoms with E-state index in [-0.39, 0.29) is 0 Å². The summed E-state index contributed by atoms with van der Waals surface area (Å²) in [7, 11) is 1.79. The van der Waals surface area contributed by atoms with Crippen LogP contribution >= 0.6 is 0 Å². The molecule has 0 aliphatic carbocycles. The predicted molar refractivity (Wildman–Crippen MR) is 44.0 cm³/mol. The Balaban J connectivity index is 2.90. The minimum atomic E-state index is -0.494. The van der Waals surface area contributed by atoms with E-state index < -0.39 is 4.92 Å². The highest BCUT2D eigenvalue weighted by Gasteiger charge is 2.00. The van der Waals surface area contributed by atoms with Gasteiger partial charge in [-0.3, -0.25) is 14.8 Å². The lowest BCUT2D eigenvalue weighted by Crippen LogP contribution is -1.92. The van der Waals surface area contributed by atoms with Gasteiger partial charge in [0.05, 0.1) is 11.1 Å². The summed E-state index contributed by atoms with van der Waals surface area (Å²) in [6.45, 7) is 1.85. The topological polar surface area (TPSA) is 61.0 Å². The Kier molecular flexibility index (Phi) is 2.23. The zero-order valence-electron chi connectivity index (χ0n) is 6.89. The minimum absolute atomic E-state index is 0.494. The molecule has 5 nitrogen and oxygen atoms in total. The van der Waals surface area contributed by atoms with Gasteiger partial charge in [0, 0.05) is 24.4 Å². The summed E-state index contributed by atoms with van der Waals surface area (Å²) in [6, 6.07) is 0. The zero-order valence-corrected chi connectivity index (χ0v) is 6.89. The molecule has 0 spiro atoms. The van der Waals surface area contributed by atoms with Crippen molar-refractivity contribution in [3.05, 3.63) is 33.8 Å². The van der Waals surface area contributed by atoms with Crippen molar-refractivity contribution in [3.63, 3.8) is 0 Å². The van der Waals surface area contributed by atoms with Crippen molar-refractivity contribution in [1.82, 2.24) is 9.78 Å². The van der Waals surface area contributed by atoms with Crippen LogP contribution in [-0.2, 0) is 7.05 Å². The van der Waals surface area contributed by atoms with Gasteiger partial charge in [0.2, 0.25) is 6.20 Å². The van der Waals surface area contributed by atoms with E-state index in [1.165, 1.54) is 6.08 Å². The number of aromatic nitrogens is 2. The number of aryl methyl sites for hydroxylation is 1. The van der Waals surface area contributed by atoms with Crippen LogP contribution in [-0.4, -0.2) is 14.7 Å². The number of hydrogen-bond acceptors (Lipinski definition) is 3. The molecule has 0 aliphatic rings. The molecule has 12 heavy (non-hydrogen) atoms. The normalized spacial score (nSPS) is 10.8. The van der Waals surface area contributed by atoms with Crippen LogP contribution in [0.4, 0.5) is 0 Å². The molecule has 5 heteroatoms. The average molecular weight is 167 g/mol. The fourth-order valence-electron chi connectivity index (χ4n) is 0.820. The molecule has 64 valence electrons. The minimum Gasteiger partial charge on any atom is -0.272 e. The summed E-state index contributed by atoms with van der Waals surface area (Å²) >= 11 is 0. The summed E-state index contributed by atoms with van der Waals surface area (Å²) in [4.78, 5) is 9.49. The molecule has 0 bridgehead atoms. The van der Waals surface area contributed by atoms with Gasteiger partial charge in [-0.15, -0.1) is 0 Å². The summed E-state index contributed by atoms with van der Waals surface area (Å²) in [5, 5.41) is 13.9. The first-order valence-corrected chi connectivity index (χ1v) is 3.41. The van der Waals surface area contributed by atoms with Crippen LogP contribution in [0.15, 0.2) is 12.4 Å². The Morgan fingerprint density at radius 1 is 1.75 bits per heavy atom. The molecular formula is C7H9N3O2. The molecule has 1 rings (SSSR count). The molecule has 0 aromatic carbocycles. The van der Waals surface area contributed by atoms with Crippen molar-refractivity contribution in [2.24, 2.45) is 7.05 Å². The van der Waals surface area contributed by atoms with Crippen LogP contribution < -0.4 is 0 Å². The molecule has 0 atom stereocenters. The lowest BCUT2D eigenvalue weighted by atomic mass is 10.2. The standard InChI is InChI=1S/C7H9N3O2/c1-6-7(3-4-10(11)12)5-8-9(6)2/h3-5H,1-2H3. The van der Waals surface area contributed by atoms with E-state index in [9.17, 15) is 10.1 Å². The maximum atomic E-state index is 9.98.